The first kappa shape index (κ1) is 17.6. The van der Waals surface area contributed by atoms with Crippen LogP contribution in [0.4, 0.5) is 23.7 Å². The van der Waals surface area contributed by atoms with Crippen LogP contribution in [0.15, 0.2) is 18.2 Å². The average Bonchev–Trinajstić information content (AvgIpc) is 2.91. The molecule has 1 atom stereocenters. The summed E-state index contributed by atoms with van der Waals surface area (Å²) >= 11 is 0. The molecule has 0 aliphatic carbocycles. The van der Waals surface area contributed by atoms with Crippen LogP contribution >= 0.6 is 0 Å². The highest BCUT2D eigenvalue weighted by atomic mass is 19.3. The minimum Gasteiger partial charge on any atom is -0.392 e. The van der Waals surface area contributed by atoms with E-state index in [2.05, 4.69) is 15.5 Å². The van der Waals surface area contributed by atoms with Gasteiger partial charge in [-0.15, -0.1) is 0 Å². The SMILES string of the molecule is O=C(NCCCN1CC[C@@H](O)C1)Nc1ccc(F)c(C(F)F)c1. The minimum atomic E-state index is -2.93. The number of nitrogens with zero attached hydrogens (tertiary/aromatic N) is 1. The van der Waals surface area contributed by atoms with Gasteiger partial charge in [0.1, 0.15) is 5.82 Å². The molecule has 128 valence electrons. The largest absolute Gasteiger partial charge is 0.392 e. The van der Waals surface area contributed by atoms with Crippen LogP contribution in [0, 0.1) is 5.82 Å². The fourth-order valence-electron chi connectivity index (χ4n) is 2.48. The third-order valence-electron chi connectivity index (χ3n) is 3.67. The molecule has 0 aromatic heterocycles. The maximum Gasteiger partial charge on any atom is 0.319 e. The Morgan fingerprint density at radius 2 is 2.22 bits per heavy atom. The Morgan fingerprint density at radius 1 is 1.43 bits per heavy atom. The highest BCUT2D eigenvalue weighted by Gasteiger charge is 2.19. The van der Waals surface area contributed by atoms with Crippen LogP contribution in [0.2, 0.25) is 0 Å². The van der Waals surface area contributed by atoms with Gasteiger partial charge in [-0.25, -0.2) is 18.0 Å². The maximum absolute atomic E-state index is 13.2. The van der Waals surface area contributed by atoms with Gasteiger partial charge >= 0.3 is 6.03 Å². The summed E-state index contributed by atoms with van der Waals surface area (Å²) in [4.78, 5) is 13.8. The van der Waals surface area contributed by atoms with Gasteiger partial charge in [0.15, 0.2) is 0 Å². The number of hydrogen-bond acceptors (Lipinski definition) is 3. The van der Waals surface area contributed by atoms with Gasteiger partial charge in [0.05, 0.1) is 11.7 Å². The Balaban J connectivity index is 1.71. The number of halogens is 3. The zero-order chi connectivity index (χ0) is 16.8. The van der Waals surface area contributed by atoms with E-state index < -0.39 is 23.8 Å². The highest BCUT2D eigenvalue weighted by Crippen LogP contribution is 2.24. The first-order chi connectivity index (χ1) is 11.0. The molecule has 1 saturated heterocycles. The summed E-state index contributed by atoms with van der Waals surface area (Å²) in [6.07, 6.45) is -1.72. The summed E-state index contributed by atoms with van der Waals surface area (Å²) in [7, 11) is 0. The van der Waals surface area contributed by atoms with Crippen molar-refractivity contribution in [2.75, 3.05) is 31.5 Å². The summed E-state index contributed by atoms with van der Waals surface area (Å²) in [6.45, 7) is 2.68. The molecule has 8 heteroatoms. The number of aliphatic hydroxyl groups excluding tert-OH is 1. The molecule has 2 amide bonds. The number of anilines is 1. The van der Waals surface area contributed by atoms with Crippen LogP contribution in [0.3, 0.4) is 0 Å². The number of β-amino-alcohol motifs (C(OH)–C–C–N with tert-alkyl or cyclic N) is 1. The third-order valence-corrected chi connectivity index (χ3v) is 3.67. The highest BCUT2D eigenvalue weighted by molar-refractivity contribution is 5.89. The van der Waals surface area contributed by atoms with Crippen LogP contribution in [0.25, 0.3) is 0 Å². The van der Waals surface area contributed by atoms with Crippen LogP contribution < -0.4 is 10.6 Å². The fraction of sp³-hybridized carbons (Fsp3) is 0.533. The molecule has 1 fully saturated rings. The quantitative estimate of drug-likeness (QED) is 0.701. The van der Waals surface area contributed by atoms with Crippen molar-refractivity contribution < 1.29 is 23.1 Å². The van der Waals surface area contributed by atoms with E-state index in [0.29, 0.717) is 19.5 Å². The van der Waals surface area contributed by atoms with Gasteiger partial charge in [-0.2, -0.15) is 0 Å². The number of likely N-dealkylation sites (tertiary alicyclic amines) is 1. The predicted molar refractivity (Wildman–Crippen MR) is 80.1 cm³/mol. The molecule has 1 aromatic carbocycles. The zero-order valence-electron chi connectivity index (χ0n) is 12.6. The topological polar surface area (TPSA) is 64.6 Å². The number of aliphatic hydroxyl groups is 1. The molecule has 1 heterocycles. The molecule has 0 radical (unpaired) electrons. The molecule has 0 bridgehead atoms. The fourth-order valence-corrected chi connectivity index (χ4v) is 2.48. The normalized spacial score (nSPS) is 18.4. The van der Waals surface area contributed by atoms with Crippen molar-refractivity contribution in [2.24, 2.45) is 0 Å². The number of hydrogen-bond donors (Lipinski definition) is 3. The number of carbonyl (C=O) groups excluding carboxylic acids is 1. The first-order valence-electron chi connectivity index (χ1n) is 7.48. The second kappa shape index (κ2) is 8.16. The average molecular weight is 331 g/mol. The molecule has 3 N–H and O–H groups in total. The third kappa shape index (κ3) is 5.40. The lowest BCUT2D eigenvalue weighted by Gasteiger charge is -2.15. The summed E-state index contributed by atoms with van der Waals surface area (Å²) in [5.74, 6) is -1.00. The second-order valence-electron chi connectivity index (χ2n) is 5.51. The Morgan fingerprint density at radius 3 is 2.87 bits per heavy atom. The number of carbonyl (C=O) groups is 1. The maximum atomic E-state index is 13.2. The lowest BCUT2D eigenvalue weighted by Crippen LogP contribution is -2.32. The van der Waals surface area contributed by atoms with E-state index in [1.54, 1.807) is 0 Å². The van der Waals surface area contributed by atoms with Gasteiger partial charge in [-0.3, -0.25) is 0 Å². The van der Waals surface area contributed by atoms with E-state index in [-0.39, 0.29) is 11.8 Å². The van der Waals surface area contributed by atoms with E-state index in [1.165, 1.54) is 6.07 Å². The van der Waals surface area contributed by atoms with Gasteiger partial charge < -0.3 is 20.6 Å². The minimum absolute atomic E-state index is 0.113. The van der Waals surface area contributed by atoms with E-state index in [0.717, 1.165) is 31.6 Å². The molecule has 0 saturated carbocycles. The van der Waals surface area contributed by atoms with E-state index in [1.807, 2.05) is 0 Å². The molecule has 2 rings (SSSR count). The first-order valence-corrected chi connectivity index (χ1v) is 7.48. The molecule has 1 aromatic rings. The number of benzene rings is 1. The monoisotopic (exact) mass is 331 g/mol. The van der Waals surface area contributed by atoms with Crippen LogP contribution in [0.5, 0.6) is 0 Å². The summed E-state index contributed by atoms with van der Waals surface area (Å²) in [6, 6.07) is 2.52. The van der Waals surface area contributed by atoms with Crippen molar-refractivity contribution in [3.8, 4) is 0 Å². The molecule has 23 heavy (non-hydrogen) atoms. The van der Waals surface area contributed by atoms with Crippen molar-refractivity contribution >= 4 is 11.7 Å². The number of alkyl halides is 2. The van der Waals surface area contributed by atoms with Gasteiger partial charge in [0.25, 0.3) is 6.43 Å². The Bertz CT molecular complexity index is 543. The van der Waals surface area contributed by atoms with Crippen molar-refractivity contribution in [1.82, 2.24) is 10.2 Å². The van der Waals surface area contributed by atoms with Crippen molar-refractivity contribution in [1.29, 1.82) is 0 Å². The van der Waals surface area contributed by atoms with Crippen molar-refractivity contribution in [3.05, 3.63) is 29.6 Å². The Kier molecular flexibility index (Phi) is 6.23. The van der Waals surface area contributed by atoms with E-state index in [9.17, 15) is 23.1 Å². The van der Waals surface area contributed by atoms with E-state index >= 15 is 0 Å². The van der Waals surface area contributed by atoms with E-state index in [4.69, 9.17) is 0 Å². The molecule has 1 aliphatic heterocycles. The van der Waals surface area contributed by atoms with Crippen LogP contribution in [-0.2, 0) is 0 Å². The van der Waals surface area contributed by atoms with Crippen LogP contribution in [-0.4, -0.2) is 48.3 Å². The van der Waals surface area contributed by atoms with Gasteiger partial charge in [0, 0.05) is 25.3 Å². The number of rotatable bonds is 6. The van der Waals surface area contributed by atoms with Crippen molar-refractivity contribution in [3.63, 3.8) is 0 Å². The zero-order valence-corrected chi connectivity index (χ0v) is 12.6. The van der Waals surface area contributed by atoms with Crippen molar-refractivity contribution in [2.45, 2.75) is 25.4 Å². The summed E-state index contributed by atoms with van der Waals surface area (Å²) in [5, 5.41) is 14.4. The molecule has 0 unspecified atom stereocenters. The lowest BCUT2D eigenvalue weighted by atomic mass is 10.2. The molecule has 0 spiro atoms. The predicted octanol–water partition coefficient (Wildman–Crippen LogP) is 2.34. The molecule has 5 nitrogen and oxygen atoms in total. The Labute approximate surface area is 132 Å². The molecular formula is C15H20F3N3O2. The second-order valence-corrected chi connectivity index (χ2v) is 5.51. The van der Waals surface area contributed by atoms with Gasteiger partial charge in [-0.1, -0.05) is 0 Å². The molecular weight excluding hydrogens is 311 g/mol. The van der Waals surface area contributed by atoms with Gasteiger partial charge in [-0.05, 0) is 37.6 Å². The van der Waals surface area contributed by atoms with Gasteiger partial charge in [0.2, 0.25) is 0 Å². The standard InChI is InChI=1S/C15H20F3N3O2/c16-13-3-2-10(8-12(13)14(17)18)20-15(23)19-5-1-6-21-7-4-11(22)9-21/h2-3,8,11,14,22H,1,4-7,9H2,(H2,19,20,23)/t11-/m1/s1. The number of amides is 2. The van der Waals surface area contributed by atoms with Crippen LogP contribution in [0.1, 0.15) is 24.8 Å². The lowest BCUT2D eigenvalue weighted by molar-refractivity contribution is 0.146. The molecule has 1 aliphatic rings. The smallest absolute Gasteiger partial charge is 0.319 e. The number of nitrogens with one attached hydrogen (secondary N) is 2. The number of urea groups is 1. The Hall–Kier alpha value is -1.80. The summed E-state index contributed by atoms with van der Waals surface area (Å²) in [5.41, 5.74) is -0.628. The summed E-state index contributed by atoms with van der Waals surface area (Å²) < 4.78 is 38.3.